The lowest BCUT2D eigenvalue weighted by molar-refractivity contribution is -0.132. The zero-order valence-corrected chi connectivity index (χ0v) is 26.8. The van der Waals surface area contributed by atoms with Gasteiger partial charge in [-0.05, 0) is 73.9 Å². The van der Waals surface area contributed by atoms with Crippen molar-refractivity contribution in [1.29, 1.82) is 0 Å². The average Bonchev–Trinajstić information content (AvgIpc) is 2.96. The summed E-state index contributed by atoms with van der Waals surface area (Å²) in [6.45, 7) is 10.1. The molecule has 1 aromatic carbocycles. The molecule has 1 saturated heterocycles. The maximum atomic E-state index is 16.1. The van der Waals surface area contributed by atoms with Gasteiger partial charge >= 0.3 is 0 Å². The lowest BCUT2D eigenvalue weighted by Crippen LogP contribution is -2.44. The summed E-state index contributed by atoms with van der Waals surface area (Å²) in [5.74, 6) is -5.61. The SMILES string of the molecule is C=C(F)C(=O)N1CCC(c2c(S(C)(=O)=O)c(=O)n(-c3c(C)ccnc3C(C)C)c3nc(-c4c(O)cccc4F)c(F)cc23)C[C@H]1C. The number of benzene rings is 1. The van der Waals surface area contributed by atoms with Gasteiger partial charge in [-0.1, -0.05) is 26.5 Å². The summed E-state index contributed by atoms with van der Waals surface area (Å²) in [6.07, 6.45) is 2.66. The first kappa shape index (κ1) is 32.9. The van der Waals surface area contributed by atoms with E-state index in [1.807, 2.05) is 13.8 Å². The number of likely N-dealkylation sites (tertiary alicyclic amines) is 1. The second-order valence-corrected chi connectivity index (χ2v) is 13.9. The summed E-state index contributed by atoms with van der Waals surface area (Å²) in [4.78, 5) is 36.6. The number of aromatic hydroxyl groups is 1. The number of nitrogens with zero attached hydrogens (tertiary/aromatic N) is 4. The van der Waals surface area contributed by atoms with Gasteiger partial charge in [0.15, 0.2) is 21.5 Å². The van der Waals surface area contributed by atoms with Crippen LogP contribution in [-0.4, -0.2) is 57.7 Å². The van der Waals surface area contributed by atoms with Crippen LogP contribution in [0.5, 0.6) is 5.75 Å². The van der Waals surface area contributed by atoms with Crippen LogP contribution in [0.4, 0.5) is 13.2 Å². The van der Waals surface area contributed by atoms with Gasteiger partial charge < -0.3 is 10.0 Å². The zero-order valence-electron chi connectivity index (χ0n) is 25.9. The Kier molecular flexibility index (Phi) is 8.58. The Hall–Kier alpha value is -4.52. The molecule has 1 N–H and O–H groups in total. The second-order valence-electron chi connectivity index (χ2n) is 12.0. The van der Waals surface area contributed by atoms with E-state index in [1.54, 1.807) is 26.1 Å². The third-order valence-electron chi connectivity index (χ3n) is 8.40. The van der Waals surface area contributed by atoms with Gasteiger partial charge in [-0.25, -0.2) is 26.6 Å². The van der Waals surface area contributed by atoms with E-state index in [1.165, 1.54) is 17.0 Å². The van der Waals surface area contributed by atoms with Gasteiger partial charge in [0, 0.05) is 30.4 Å². The Morgan fingerprint density at radius 2 is 1.87 bits per heavy atom. The highest BCUT2D eigenvalue weighted by atomic mass is 32.2. The van der Waals surface area contributed by atoms with Crippen molar-refractivity contribution >= 4 is 26.8 Å². The molecule has 1 aliphatic heterocycles. The Labute approximate surface area is 264 Å². The van der Waals surface area contributed by atoms with E-state index in [0.717, 1.165) is 23.0 Å². The first-order valence-electron chi connectivity index (χ1n) is 14.6. The van der Waals surface area contributed by atoms with Gasteiger partial charge in [0.25, 0.3) is 11.5 Å². The van der Waals surface area contributed by atoms with Crippen LogP contribution in [0.15, 0.2) is 58.6 Å². The highest BCUT2D eigenvalue weighted by molar-refractivity contribution is 7.90. The van der Waals surface area contributed by atoms with Crippen LogP contribution in [0.2, 0.25) is 0 Å². The second kappa shape index (κ2) is 12.0. The fourth-order valence-corrected chi connectivity index (χ4v) is 7.44. The predicted molar refractivity (Wildman–Crippen MR) is 167 cm³/mol. The molecule has 1 fully saturated rings. The van der Waals surface area contributed by atoms with E-state index in [4.69, 9.17) is 0 Å². The van der Waals surface area contributed by atoms with Crippen molar-refractivity contribution in [1.82, 2.24) is 19.4 Å². The van der Waals surface area contributed by atoms with Crippen LogP contribution in [0.3, 0.4) is 0 Å². The smallest absolute Gasteiger partial charge is 0.282 e. The lowest BCUT2D eigenvalue weighted by atomic mass is 9.84. The number of fused-ring (bicyclic) bond motifs is 1. The minimum absolute atomic E-state index is 0.000111. The van der Waals surface area contributed by atoms with Crippen LogP contribution in [0, 0.1) is 18.6 Å². The molecule has 0 saturated carbocycles. The molecular formula is C33H33F3N4O5S. The molecule has 1 unspecified atom stereocenters. The number of rotatable bonds is 6. The van der Waals surface area contributed by atoms with Crippen molar-refractivity contribution in [2.75, 3.05) is 12.8 Å². The van der Waals surface area contributed by atoms with Crippen molar-refractivity contribution in [2.24, 2.45) is 0 Å². The number of carbonyl (C=O) groups is 1. The Morgan fingerprint density at radius 3 is 2.46 bits per heavy atom. The number of aromatic nitrogens is 3. The molecule has 2 atom stereocenters. The third kappa shape index (κ3) is 5.57. The van der Waals surface area contributed by atoms with Crippen LogP contribution in [-0.2, 0) is 14.6 Å². The quantitative estimate of drug-likeness (QED) is 0.259. The van der Waals surface area contributed by atoms with Crippen molar-refractivity contribution in [3.05, 3.63) is 87.7 Å². The molecule has 0 radical (unpaired) electrons. The van der Waals surface area contributed by atoms with E-state index in [2.05, 4.69) is 16.5 Å². The van der Waals surface area contributed by atoms with Crippen molar-refractivity contribution in [3.8, 4) is 22.7 Å². The number of sulfone groups is 1. The number of pyridine rings is 3. The number of phenols is 1. The van der Waals surface area contributed by atoms with Crippen LogP contribution in [0.25, 0.3) is 28.0 Å². The number of aryl methyl sites for hydroxylation is 1. The number of halogens is 3. The standard InChI is InChI=1S/C33H33F3N4O5S/c1-16(2)27-29(17(3)10-12-37-27)40-31-21(15-23(36)28(38-31)26-22(35)8-7-9-24(26)41)25(30(33(40)43)46(6,44)45)20-11-13-39(18(4)14-20)32(42)19(5)34/h7-10,12,15-16,18,20,41H,5,11,13-14H2,1-4,6H3/t18-,20?/m1/s1. The van der Waals surface area contributed by atoms with Gasteiger partial charge in [-0.3, -0.25) is 19.1 Å². The summed E-state index contributed by atoms with van der Waals surface area (Å²) in [7, 11) is -4.29. The molecular weight excluding hydrogens is 621 g/mol. The van der Waals surface area contributed by atoms with Gasteiger partial charge in [-0.2, -0.15) is 0 Å². The minimum atomic E-state index is -4.29. The third-order valence-corrected chi connectivity index (χ3v) is 9.54. The molecule has 13 heteroatoms. The molecule has 46 heavy (non-hydrogen) atoms. The Morgan fingerprint density at radius 1 is 1.17 bits per heavy atom. The molecule has 5 rings (SSSR count). The van der Waals surface area contributed by atoms with Gasteiger partial charge in [0.1, 0.15) is 27.8 Å². The highest BCUT2D eigenvalue weighted by Crippen LogP contribution is 2.41. The summed E-state index contributed by atoms with van der Waals surface area (Å²) >= 11 is 0. The fraction of sp³-hybridized carbons (Fsp3) is 0.333. The zero-order chi connectivity index (χ0) is 33.8. The van der Waals surface area contributed by atoms with Gasteiger partial charge in [0.05, 0.1) is 16.9 Å². The van der Waals surface area contributed by atoms with Crippen LogP contribution >= 0.6 is 0 Å². The lowest BCUT2D eigenvalue weighted by Gasteiger charge is -2.38. The molecule has 4 aromatic rings. The van der Waals surface area contributed by atoms with Gasteiger partial charge in [0.2, 0.25) is 0 Å². The molecule has 1 amide bonds. The number of phenolic OH excluding ortho intramolecular Hbond substituents is 1. The van der Waals surface area contributed by atoms with Crippen molar-refractivity contribution < 1.29 is 31.5 Å². The fourth-order valence-electron chi connectivity index (χ4n) is 6.35. The normalized spacial score (nSPS) is 17.1. The number of carbonyl (C=O) groups excluding carboxylic acids is 1. The van der Waals surface area contributed by atoms with Gasteiger partial charge in [-0.15, -0.1) is 0 Å². The molecule has 0 spiro atoms. The van der Waals surface area contributed by atoms with Crippen molar-refractivity contribution in [3.63, 3.8) is 0 Å². The minimum Gasteiger partial charge on any atom is -0.507 e. The maximum Gasteiger partial charge on any atom is 0.282 e. The number of hydrogen-bond acceptors (Lipinski definition) is 7. The molecule has 1 aliphatic rings. The average molecular weight is 655 g/mol. The summed E-state index contributed by atoms with van der Waals surface area (Å²) in [5, 5.41) is 10.5. The summed E-state index contributed by atoms with van der Waals surface area (Å²) < 4.78 is 73.0. The molecule has 3 aromatic heterocycles. The molecule has 4 heterocycles. The van der Waals surface area contributed by atoms with E-state index >= 15 is 8.78 Å². The Bertz CT molecular complexity index is 2080. The van der Waals surface area contributed by atoms with Crippen molar-refractivity contribution in [2.45, 2.75) is 63.3 Å². The molecule has 0 bridgehead atoms. The Balaban J connectivity index is 1.95. The van der Waals surface area contributed by atoms with E-state index in [0.29, 0.717) is 11.3 Å². The predicted octanol–water partition coefficient (Wildman–Crippen LogP) is 5.84. The molecule has 9 nitrogen and oxygen atoms in total. The first-order valence-corrected chi connectivity index (χ1v) is 16.5. The summed E-state index contributed by atoms with van der Waals surface area (Å²) in [6, 6.07) is 5.47. The van der Waals surface area contributed by atoms with E-state index in [-0.39, 0.29) is 47.6 Å². The number of piperidine rings is 1. The van der Waals surface area contributed by atoms with Crippen LogP contribution in [0.1, 0.15) is 62.3 Å². The molecule has 0 aliphatic carbocycles. The number of amides is 1. The summed E-state index contributed by atoms with van der Waals surface area (Å²) in [5.41, 5.74) is -1.04. The topological polar surface area (TPSA) is 122 Å². The highest BCUT2D eigenvalue weighted by Gasteiger charge is 2.37. The largest absolute Gasteiger partial charge is 0.507 e. The first-order chi connectivity index (χ1) is 21.5. The monoisotopic (exact) mass is 654 g/mol. The molecule has 242 valence electrons. The van der Waals surface area contributed by atoms with Crippen LogP contribution < -0.4 is 5.56 Å². The maximum absolute atomic E-state index is 16.1. The van der Waals surface area contributed by atoms with E-state index < -0.39 is 72.6 Å². The van der Waals surface area contributed by atoms with E-state index in [9.17, 15) is 27.5 Å². The number of hydrogen-bond donors (Lipinski definition) is 1.